The Morgan fingerprint density at radius 2 is 1.74 bits per heavy atom. The third kappa shape index (κ3) is 5.71. The molecule has 2 aromatic rings. The first kappa shape index (κ1) is 20.7. The van der Waals surface area contributed by atoms with E-state index in [0.717, 1.165) is 16.7 Å². The molecule has 27 heavy (non-hydrogen) atoms. The Morgan fingerprint density at radius 1 is 1.15 bits per heavy atom. The van der Waals surface area contributed by atoms with E-state index in [2.05, 4.69) is 52.1 Å². The lowest BCUT2D eigenvalue weighted by atomic mass is 9.78. The Morgan fingerprint density at radius 3 is 2.22 bits per heavy atom. The van der Waals surface area contributed by atoms with E-state index in [0.29, 0.717) is 24.4 Å². The fourth-order valence-electron chi connectivity index (χ4n) is 2.83. The summed E-state index contributed by atoms with van der Waals surface area (Å²) in [5.74, 6) is 0.769. The van der Waals surface area contributed by atoms with Crippen LogP contribution in [0.3, 0.4) is 0 Å². The smallest absolute Gasteiger partial charge is 0.240 e. The zero-order chi connectivity index (χ0) is 20.2. The van der Waals surface area contributed by atoms with Crippen molar-refractivity contribution in [2.75, 3.05) is 0 Å². The van der Waals surface area contributed by atoms with Gasteiger partial charge in [0, 0.05) is 6.42 Å². The Balaban J connectivity index is 2.12. The van der Waals surface area contributed by atoms with E-state index in [1.54, 1.807) is 18.4 Å². The molecule has 0 atom stereocenters. The summed E-state index contributed by atoms with van der Waals surface area (Å²) in [6, 6.07) is 7.52. The highest BCUT2D eigenvalue weighted by Gasteiger charge is 2.26. The second kappa shape index (κ2) is 7.99. The summed E-state index contributed by atoms with van der Waals surface area (Å²) in [4.78, 5) is 12.1. The van der Waals surface area contributed by atoms with Gasteiger partial charge in [-0.05, 0) is 46.1 Å². The molecule has 5 nitrogen and oxygen atoms in total. The van der Waals surface area contributed by atoms with Crippen LogP contribution in [-0.4, -0.2) is 17.2 Å². The van der Waals surface area contributed by atoms with E-state index in [-0.39, 0.29) is 16.7 Å². The predicted molar refractivity (Wildman–Crippen MR) is 108 cm³/mol. The molecule has 0 aliphatic carbocycles. The summed E-state index contributed by atoms with van der Waals surface area (Å²) in [5, 5.41) is 14.7. The number of nitrogens with one attached hydrogen (secondary N) is 1. The lowest BCUT2D eigenvalue weighted by Crippen LogP contribution is -2.20. The monoisotopic (exact) mass is 370 g/mol. The van der Waals surface area contributed by atoms with Crippen molar-refractivity contribution in [2.24, 2.45) is 5.10 Å². The molecule has 2 rings (SSSR count). The number of hydrogen-bond donors (Lipinski definition) is 2. The number of aryl methyl sites for hydroxylation is 1. The van der Waals surface area contributed by atoms with Gasteiger partial charge in [0.25, 0.3) is 0 Å². The van der Waals surface area contributed by atoms with Gasteiger partial charge in [0.05, 0.1) is 12.5 Å². The largest absolute Gasteiger partial charge is 0.507 e. The van der Waals surface area contributed by atoms with Crippen molar-refractivity contribution in [1.29, 1.82) is 0 Å². The SMILES string of the molecule is CC(C)(C)c1cc(CCC(=O)N/N=C\c2ccco2)cc(C(C)(C)C)c1O. The van der Waals surface area contributed by atoms with E-state index < -0.39 is 0 Å². The summed E-state index contributed by atoms with van der Waals surface area (Å²) in [7, 11) is 0. The Kier molecular flexibility index (Phi) is 6.14. The third-order valence-corrected chi connectivity index (χ3v) is 4.35. The summed E-state index contributed by atoms with van der Waals surface area (Å²) >= 11 is 0. The van der Waals surface area contributed by atoms with Crippen molar-refractivity contribution in [1.82, 2.24) is 5.43 Å². The predicted octanol–water partition coefficient (Wildman–Crippen LogP) is 4.66. The number of rotatable bonds is 5. The quantitative estimate of drug-likeness (QED) is 0.593. The maximum Gasteiger partial charge on any atom is 0.240 e. The Labute approximate surface area is 161 Å². The number of nitrogens with zero attached hydrogens (tertiary/aromatic N) is 1. The zero-order valence-corrected chi connectivity index (χ0v) is 17.1. The van der Waals surface area contributed by atoms with Gasteiger partial charge in [-0.25, -0.2) is 5.43 Å². The lowest BCUT2D eigenvalue weighted by molar-refractivity contribution is -0.121. The number of furan rings is 1. The normalized spacial score (nSPS) is 12.5. The number of phenolic OH excluding ortho intramolecular Hbond substituents is 1. The van der Waals surface area contributed by atoms with Crippen LogP contribution in [0.15, 0.2) is 40.0 Å². The van der Waals surface area contributed by atoms with Crippen LogP contribution in [0.1, 0.15) is 70.4 Å². The van der Waals surface area contributed by atoms with Crippen LogP contribution in [0.5, 0.6) is 5.75 Å². The highest BCUT2D eigenvalue weighted by atomic mass is 16.3. The third-order valence-electron chi connectivity index (χ3n) is 4.35. The molecular formula is C22H30N2O3. The topological polar surface area (TPSA) is 74.8 Å². The first-order valence-corrected chi connectivity index (χ1v) is 9.21. The van der Waals surface area contributed by atoms with Gasteiger partial charge in [0.2, 0.25) is 5.91 Å². The molecule has 0 saturated carbocycles. The molecular weight excluding hydrogens is 340 g/mol. The van der Waals surface area contributed by atoms with Crippen LogP contribution >= 0.6 is 0 Å². The molecule has 0 radical (unpaired) electrons. The minimum Gasteiger partial charge on any atom is -0.507 e. The van der Waals surface area contributed by atoms with Crippen molar-refractivity contribution >= 4 is 12.1 Å². The fraction of sp³-hybridized carbons (Fsp3) is 0.455. The number of benzene rings is 1. The summed E-state index contributed by atoms with van der Waals surface area (Å²) in [5.41, 5.74) is 4.99. The van der Waals surface area contributed by atoms with Crippen molar-refractivity contribution in [2.45, 2.75) is 65.2 Å². The second-order valence-corrected chi connectivity index (χ2v) is 8.85. The lowest BCUT2D eigenvalue weighted by Gasteiger charge is -2.28. The maximum atomic E-state index is 12.1. The summed E-state index contributed by atoms with van der Waals surface area (Å²) in [6.07, 6.45) is 3.91. The average molecular weight is 370 g/mol. The molecule has 0 fully saturated rings. The van der Waals surface area contributed by atoms with Crippen LogP contribution in [0.2, 0.25) is 0 Å². The van der Waals surface area contributed by atoms with Crippen molar-refractivity contribution in [3.63, 3.8) is 0 Å². The fourth-order valence-corrected chi connectivity index (χ4v) is 2.83. The molecule has 5 heteroatoms. The number of hydrazone groups is 1. The molecule has 0 bridgehead atoms. The number of amides is 1. The molecule has 0 spiro atoms. The van der Waals surface area contributed by atoms with Gasteiger partial charge >= 0.3 is 0 Å². The van der Waals surface area contributed by atoms with E-state index in [1.807, 2.05) is 12.1 Å². The van der Waals surface area contributed by atoms with Gasteiger partial charge in [-0.1, -0.05) is 53.7 Å². The van der Waals surface area contributed by atoms with Gasteiger partial charge in [-0.2, -0.15) is 5.10 Å². The van der Waals surface area contributed by atoms with Gasteiger partial charge in [-0.3, -0.25) is 4.79 Å². The zero-order valence-electron chi connectivity index (χ0n) is 17.1. The van der Waals surface area contributed by atoms with Gasteiger partial charge in [0.15, 0.2) is 0 Å². The minimum absolute atomic E-state index is 0.166. The standard InChI is InChI=1S/C22H30N2O3/c1-21(2,3)17-12-15(13-18(20(17)26)22(4,5)6)9-10-19(25)24-23-14-16-8-7-11-27-16/h7-8,11-14,26H,9-10H2,1-6H3,(H,24,25)/b23-14-. The molecule has 0 saturated heterocycles. The average Bonchev–Trinajstić information content (AvgIpc) is 3.05. The van der Waals surface area contributed by atoms with E-state index in [1.165, 1.54) is 6.21 Å². The minimum atomic E-state index is -0.185. The number of carbonyl (C=O) groups excluding carboxylic acids is 1. The van der Waals surface area contributed by atoms with Gasteiger partial charge in [-0.15, -0.1) is 0 Å². The van der Waals surface area contributed by atoms with Crippen molar-refractivity contribution < 1.29 is 14.3 Å². The molecule has 1 heterocycles. The van der Waals surface area contributed by atoms with Crippen LogP contribution in [0.25, 0.3) is 0 Å². The van der Waals surface area contributed by atoms with Crippen LogP contribution in [-0.2, 0) is 22.0 Å². The number of phenols is 1. The van der Waals surface area contributed by atoms with E-state index in [4.69, 9.17) is 4.42 Å². The molecule has 2 N–H and O–H groups in total. The molecule has 0 aliphatic rings. The number of carbonyl (C=O) groups is 1. The van der Waals surface area contributed by atoms with Crippen LogP contribution in [0, 0.1) is 0 Å². The molecule has 1 aromatic carbocycles. The van der Waals surface area contributed by atoms with Gasteiger partial charge < -0.3 is 9.52 Å². The van der Waals surface area contributed by atoms with Crippen LogP contribution in [0.4, 0.5) is 0 Å². The van der Waals surface area contributed by atoms with Gasteiger partial charge in [0.1, 0.15) is 11.5 Å². The van der Waals surface area contributed by atoms with E-state index in [9.17, 15) is 9.90 Å². The molecule has 1 aromatic heterocycles. The first-order chi connectivity index (χ1) is 12.5. The Hall–Kier alpha value is -2.56. The molecule has 1 amide bonds. The second-order valence-electron chi connectivity index (χ2n) is 8.85. The first-order valence-electron chi connectivity index (χ1n) is 9.21. The molecule has 0 aliphatic heterocycles. The summed E-state index contributed by atoms with van der Waals surface area (Å²) < 4.78 is 5.12. The number of aromatic hydroxyl groups is 1. The highest BCUT2D eigenvalue weighted by molar-refractivity contribution is 5.80. The van der Waals surface area contributed by atoms with E-state index >= 15 is 0 Å². The van der Waals surface area contributed by atoms with Crippen LogP contribution < -0.4 is 5.43 Å². The summed E-state index contributed by atoms with van der Waals surface area (Å²) in [6.45, 7) is 12.5. The molecule has 0 unspecified atom stereocenters. The number of hydrogen-bond acceptors (Lipinski definition) is 4. The highest BCUT2D eigenvalue weighted by Crippen LogP contribution is 2.39. The van der Waals surface area contributed by atoms with Crippen molar-refractivity contribution in [3.8, 4) is 5.75 Å². The molecule has 146 valence electrons. The Bertz CT molecular complexity index is 772. The maximum absolute atomic E-state index is 12.1. The van der Waals surface area contributed by atoms with Crippen molar-refractivity contribution in [3.05, 3.63) is 53.0 Å².